The van der Waals surface area contributed by atoms with Crippen LogP contribution < -0.4 is 5.32 Å². The highest BCUT2D eigenvalue weighted by Crippen LogP contribution is 2.31. The van der Waals surface area contributed by atoms with Crippen LogP contribution in [0.3, 0.4) is 0 Å². The first kappa shape index (κ1) is 17.5. The molecule has 27 heavy (non-hydrogen) atoms. The van der Waals surface area contributed by atoms with E-state index in [1.165, 1.54) is 6.07 Å². The number of hydrogen-bond acceptors (Lipinski definition) is 4. The Balaban J connectivity index is 1.88. The lowest BCUT2D eigenvalue weighted by Gasteiger charge is -2.11. The number of nitrogens with zero attached hydrogens (tertiary/aromatic N) is 5. The largest absolute Gasteiger partial charge is 0.351 e. The summed E-state index contributed by atoms with van der Waals surface area (Å²) in [6, 6.07) is 5.91. The van der Waals surface area contributed by atoms with Crippen molar-refractivity contribution in [3.05, 3.63) is 42.2 Å². The third-order valence-electron chi connectivity index (χ3n) is 4.59. The molecule has 140 valence electrons. The molecule has 7 heteroatoms. The zero-order valence-electron chi connectivity index (χ0n) is 16.2. The van der Waals surface area contributed by atoms with Gasteiger partial charge in [-0.15, -0.1) is 5.10 Å². The van der Waals surface area contributed by atoms with Crippen molar-refractivity contribution in [2.45, 2.75) is 46.7 Å². The molecule has 0 aliphatic rings. The first-order valence-corrected chi connectivity index (χ1v) is 9.14. The fraction of sp³-hybridized carbons (Fsp3) is 0.350. The number of halogens is 1. The van der Waals surface area contributed by atoms with Gasteiger partial charge in [0.15, 0.2) is 5.82 Å². The minimum atomic E-state index is -0.316. The lowest BCUT2D eigenvalue weighted by Crippen LogP contribution is -2.13. The standard InChI is InChI=1S/C20H23FN6/c1-11(2)23-20-22-10-18-15(6-7-26(18)25-20)14-8-16(21)19-17(9-14)27(12(3)4)13(5)24-19/h6-12H,1-5H3,(H,23,25). The normalized spacial score (nSPS) is 12.0. The maximum Gasteiger partial charge on any atom is 0.241 e. The number of nitrogens with one attached hydrogen (secondary N) is 1. The summed E-state index contributed by atoms with van der Waals surface area (Å²) in [7, 11) is 0. The molecule has 6 nitrogen and oxygen atoms in total. The number of fused-ring (bicyclic) bond motifs is 2. The van der Waals surface area contributed by atoms with Crippen molar-refractivity contribution < 1.29 is 4.39 Å². The van der Waals surface area contributed by atoms with Gasteiger partial charge in [0.05, 0.1) is 17.2 Å². The molecule has 0 aliphatic heterocycles. The highest BCUT2D eigenvalue weighted by molar-refractivity contribution is 5.88. The first-order chi connectivity index (χ1) is 12.8. The molecular formula is C20H23FN6. The van der Waals surface area contributed by atoms with Crippen LogP contribution >= 0.6 is 0 Å². The van der Waals surface area contributed by atoms with E-state index >= 15 is 0 Å². The Labute approximate surface area is 157 Å². The molecule has 1 N–H and O–H groups in total. The van der Waals surface area contributed by atoms with Crippen molar-refractivity contribution in [2.75, 3.05) is 5.32 Å². The van der Waals surface area contributed by atoms with Crippen LogP contribution in [0.1, 0.15) is 39.6 Å². The van der Waals surface area contributed by atoms with Crippen molar-refractivity contribution in [1.29, 1.82) is 0 Å². The van der Waals surface area contributed by atoms with Gasteiger partial charge in [-0.3, -0.25) is 0 Å². The van der Waals surface area contributed by atoms with Gasteiger partial charge in [-0.2, -0.15) is 0 Å². The van der Waals surface area contributed by atoms with Crippen molar-refractivity contribution in [2.24, 2.45) is 0 Å². The number of hydrogen-bond donors (Lipinski definition) is 1. The summed E-state index contributed by atoms with van der Waals surface area (Å²) >= 11 is 0. The Kier molecular flexibility index (Phi) is 4.09. The van der Waals surface area contributed by atoms with Crippen molar-refractivity contribution >= 4 is 22.5 Å². The molecule has 0 fully saturated rings. The van der Waals surface area contributed by atoms with E-state index in [0.29, 0.717) is 11.5 Å². The van der Waals surface area contributed by atoms with Crippen LogP contribution in [0.2, 0.25) is 0 Å². The molecule has 0 spiro atoms. The quantitative estimate of drug-likeness (QED) is 0.574. The summed E-state index contributed by atoms with van der Waals surface area (Å²) in [4.78, 5) is 8.79. The molecule has 0 saturated heterocycles. The first-order valence-electron chi connectivity index (χ1n) is 9.14. The van der Waals surface area contributed by atoms with Crippen LogP contribution in [-0.4, -0.2) is 30.2 Å². The van der Waals surface area contributed by atoms with Crippen molar-refractivity contribution in [3.63, 3.8) is 0 Å². The van der Waals surface area contributed by atoms with Crippen LogP contribution in [0.5, 0.6) is 0 Å². The van der Waals surface area contributed by atoms with Gasteiger partial charge in [-0.05, 0) is 58.4 Å². The van der Waals surface area contributed by atoms with Gasteiger partial charge in [0.25, 0.3) is 0 Å². The zero-order chi connectivity index (χ0) is 19.3. The van der Waals surface area contributed by atoms with E-state index in [9.17, 15) is 4.39 Å². The summed E-state index contributed by atoms with van der Waals surface area (Å²) in [6.45, 7) is 10.1. The lowest BCUT2D eigenvalue weighted by molar-refractivity contribution is 0.600. The maximum atomic E-state index is 14.8. The molecular weight excluding hydrogens is 343 g/mol. The predicted molar refractivity (Wildman–Crippen MR) is 106 cm³/mol. The smallest absolute Gasteiger partial charge is 0.241 e. The molecule has 0 bridgehead atoms. The summed E-state index contributed by atoms with van der Waals surface area (Å²) in [5.74, 6) is 1.06. The average Bonchev–Trinajstić information content (AvgIpc) is 3.14. The third-order valence-corrected chi connectivity index (χ3v) is 4.59. The SMILES string of the molecule is Cc1nc2c(F)cc(-c3ccn4nc(NC(C)C)ncc34)cc2n1C(C)C. The maximum absolute atomic E-state index is 14.8. The predicted octanol–water partition coefficient (Wildman–Crippen LogP) is 4.59. The molecule has 0 aliphatic carbocycles. The third kappa shape index (κ3) is 2.93. The van der Waals surface area contributed by atoms with Crippen LogP contribution in [0, 0.1) is 12.7 Å². The summed E-state index contributed by atoms with van der Waals surface area (Å²) < 4.78 is 18.6. The number of rotatable bonds is 4. The molecule has 3 aromatic heterocycles. The lowest BCUT2D eigenvalue weighted by atomic mass is 10.1. The fourth-order valence-corrected chi connectivity index (χ4v) is 3.54. The van der Waals surface area contributed by atoms with Gasteiger partial charge in [-0.25, -0.2) is 18.9 Å². The Morgan fingerprint density at radius 1 is 1.11 bits per heavy atom. The second kappa shape index (κ2) is 6.33. The van der Waals surface area contributed by atoms with Crippen LogP contribution in [0.4, 0.5) is 10.3 Å². The monoisotopic (exact) mass is 366 g/mol. The number of aromatic nitrogens is 5. The van der Waals surface area contributed by atoms with Crippen LogP contribution in [-0.2, 0) is 0 Å². The molecule has 0 unspecified atom stereocenters. The topological polar surface area (TPSA) is 60.0 Å². The van der Waals surface area contributed by atoms with E-state index in [1.54, 1.807) is 10.7 Å². The second-order valence-corrected chi connectivity index (χ2v) is 7.39. The minimum Gasteiger partial charge on any atom is -0.351 e. The molecule has 1 aromatic carbocycles. The highest BCUT2D eigenvalue weighted by Gasteiger charge is 2.17. The Morgan fingerprint density at radius 2 is 1.89 bits per heavy atom. The average molecular weight is 366 g/mol. The molecule has 3 heterocycles. The van der Waals surface area contributed by atoms with Crippen molar-refractivity contribution in [1.82, 2.24) is 24.1 Å². The van der Waals surface area contributed by atoms with Gasteiger partial charge in [-0.1, -0.05) is 0 Å². The molecule has 4 rings (SSSR count). The van der Waals surface area contributed by atoms with Gasteiger partial charge in [0, 0.05) is 23.8 Å². The Hall–Kier alpha value is -2.96. The van der Waals surface area contributed by atoms with E-state index in [-0.39, 0.29) is 17.9 Å². The Morgan fingerprint density at radius 3 is 2.59 bits per heavy atom. The van der Waals surface area contributed by atoms with Gasteiger partial charge >= 0.3 is 0 Å². The van der Waals surface area contributed by atoms with Gasteiger partial charge in [0.1, 0.15) is 11.3 Å². The highest BCUT2D eigenvalue weighted by atomic mass is 19.1. The summed E-state index contributed by atoms with van der Waals surface area (Å²) in [5.41, 5.74) is 3.72. The minimum absolute atomic E-state index is 0.198. The molecule has 0 amide bonds. The summed E-state index contributed by atoms with van der Waals surface area (Å²) in [5, 5.41) is 7.67. The number of benzene rings is 1. The van der Waals surface area contributed by atoms with E-state index in [0.717, 1.165) is 28.0 Å². The molecule has 0 radical (unpaired) electrons. The van der Waals surface area contributed by atoms with E-state index in [1.807, 2.05) is 39.1 Å². The molecule has 0 saturated carbocycles. The summed E-state index contributed by atoms with van der Waals surface area (Å²) in [6.07, 6.45) is 3.63. The van der Waals surface area contributed by atoms with Gasteiger partial charge < -0.3 is 9.88 Å². The van der Waals surface area contributed by atoms with Gasteiger partial charge in [0.2, 0.25) is 5.95 Å². The number of aryl methyl sites for hydroxylation is 1. The fourth-order valence-electron chi connectivity index (χ4n) is 3.54. The van der Waals surface area contributed by atoms with E-state index in [2.05, 4.69) is 38.8 Å². The Bertz CT molecular complexity index is 1140. The second-order valence-electron chi connectivity index (χ2n) is 7.39. The number of imidazole rings is 1. The van der Waals surface area contributed by atoms with Crippen molar-refractivity contribution in [3.8, 4) is 11.1 Å². The molecule has 4 aromatic rings. The van der Waals surface area contributed by atoms with E-state index in [4.69, 9.17) is 0 Å². The van der Waals surface area contributed by atoms with Crippen LogP contribution in [0.15, 0.2) is 30.6 Å². The molecule has 0 atom stereocenters. The van der Waals surface area contributed by atoms with Crippen LogP contribution in [0.25, 0.3) is 27.7 Å². The number of anilines is 1. The van der Waals surface area contributed by atoms with E-state index < -0.39 is 0 Å². The zero-order valence-corrected chi connectivity index (χ0v) is 16.2.